The van der Waals surface area contributed by atoms with E-state index in [1.807, 2.05) is 35.3 Å². The van der Waals surface area contributed by atoms with Gasteiger partial charge in [0.05, 0.1) is 5.69 Å². The second-order valence-corrected chi connectivity index (χ2v) is 5.66. The van der Waals surface area contributed by atoms with Gasteiger partial charge in [-0.05, 0) is 35.9 Å². The lowest BCUT2D eigenvalue weighted by Gasteiger charge is -2.10. The normalized spacial score (nSPS) is 10.5. The second kappa shape index (κ2) is 8.42. The number of benzene rings is 1. The highest BCUT2D eigenvalue weighted by Crippen LogP contribution is 2.11. The van der Waals surface area contributed by atoms with Crippen molar-refractivity contribution in [2.75, 3.05) is 0 Å². The average Bonchev–Trinajstić information content (AvgIpc) is 3.37. The standard InChI is InChI=1S/C19H18N6.ClH/c1-4-17(19(21-9-1)25-13-3-11-23-25)15-20-14-16-5-7-18(8-6-16)24-12-2-10-22-24;/h1-13,20H,14-15H2;1H. The molecule has 0 aliphatic carbocycles. The van der Waals surface area contributed by atoms with E-state index in [2.05, 4.69) is 50.8 Å². The second-order valence-electron chi connectivity index (χ2n) is 5.66. The first kappa shape index (κ1) is 17.8. The monoisotopic (exact) mass is 366 g/mol. The van der Waals surface area contributed by atoms with Gasteiger partial charge in [0.1, 0.15) is 0 Å². The third-order valence-corrected chi connectivity index (χ3v) is 3.94. The fraction of sp³-hybridized carbons (Fsp3) is 0.105. The molecule has 0 atom stereocenters. The Morgan fingerprint density at radius 1 is 0.769 bits per heavy atom. The molecule has 1 N–H and O–H groups in total. The van der Waals surface area contributed by atoms with Gasteiger partial charge in [-0.3, -0.25) is 0 Å². The Kier molecular flexibility index (Phi) is 5.78. The molecule has 0 fully saturated rings. The van der Waals surface area contributed by atoms with Crippen LogP contribution in [0.15, 0.2) is 79.5 Å². The summed E-state index contributed by atoms with van der Waals surface area (Å²) in [7, 11) is 0. The third-order valence-electron chi connectivity index (χ3n) is 3.94. The van der Waals surface area contributed by atoms with Crippen LogP contribution >= 0.6 is 12.4 Å². The molecular formula is C19H19ClN6. The zero-order chi connectivity index (χ0) is 16.9. The van der Waals surface area contributed by atoms with Crippen molar-refractivity contribution < 1.29 is 0 Å². The highest BCUT2D eigenvalue weighted by atomic mass is 35.5. The third kappa shape index (κ3) is 3.99. The van der Waals surface area contributed by atoms with Gasteiger partial charge in [-0.15, -0.1) is 12.4 Å². The number of rotatable bonds is 6. The van der Waals surface area contributed by atoms with E-state index in [9.17, 15) is 0 Å². The fourth-order valence-electron chi connectivity index (χ4n) is 2.70. The number of halogens is 1. The lowest BCUT2D eigenvalue weighted by atomic mass is 10.2. The van der Waals surface area contributed by atoms with Crippen LogP contribution in [0.2, 0.25) is 0 Å². The van der Waals surface area contributed by atoms with Gasteiger partial charge in [-0.25, -0.2) is 14.3 Å². The summed E-state index contributed by atoms with van der Waals surface area (Å²) in [6, 6.07) is 16.2. The van der Waals surface area contributed by atoms with Crippen molar-refractivity contribution in [3.63, 3.8) is 0 Å². The Bertz CT molecular complexity index is 917. The quantitative estimate of drug-likeness (QED) is 0.569. The maximum atomic E-state index is 4.44. The number of hydrogen-bond acceptors (Lipinski definition) is 4. The van der Waals surface area contributed by atoms with Gasteiger partial charge in [0.15, 0.2) is 5.82 Å². The molecule has 1 aromatic carbocycles. The molecule has 0 unspecified atom stereocenters. The molecule has 0 spiro atoms. The lowest BCUT2D eigenvalue weighted by molar-refractivity contribution is 0.681. The smallest absolute Gasteiger partial charge is 0.157 e. The number of nitrogens with one attached hydrogen (secondary N) is 1. The Hall–Kier alpha value is -2.96. The Labute approximate surface area is 157 Å². The van der Waals surface area contributed by atoms with E-state index >= 15 is 0 Å². The molecule has 0 amide bonds. The highest BCUT2D eigenvalue weighted by molar-refractivity contribution is 5.85. The van der Waals surface area contributed by atoms with Crippen molar-refractivity contribution in [1.29, 1.82) is 0 Å². The molecular weight excluding hydrogens is 348 g/mol. The minimum absolute atomic E-state index is 0. The van der Waals surface area contributed by atoms with Gasteiger partial charge in [0.25, 0.3) is 0 Å². The largest absolute Gasteiger partial charge is 0.308 e. The summed E-state index contributed by atoms with van der Waals surface area (Å²) < 4.78 is 3.64. The SMILES string of the molecule is Cl.c1cnc(-n2cccn2)c(CNCc2ccc(-n3cccn3)cc2)c1. The first-order chi connectivity index (χ1) is 12.4. The predicted octanol–water partition coefficient (Wildman–Crippen LogP) is 3.16. The summed E-state index contributed by atoms with van der Waals surface area (Å²) in [4.78, 5) is 4.44. The molecule has 0 saturated carbocycles. The van der Waals surface area contributed by atoms with Crippen molar-refractivity contribution in [3.05, 3.63) is 90.6 Å². The summed E-state index contributed by atoms with van der Waals surface area (Å²) in [6.45, 7) is 1.51. The summed E-state index contributed by atoms with van der Waals surface area (Å²) >= 11 is 0. The molecule has 0 saturated heterocycles. The minimum Gasteiger partial charge on any atom is -0.308 e. The Morgan fingerprint density at radius 2 is 1.50 bits per heavy atom. The summed E-state index contributed by atoms with van der Waals surface area (Å²) in [5.41, 5.74) is 3.39. The maximum absolute atomic E-state index is 4.44. The molecule has 26 heavy (non-hydrogen) atoms. The molecule has 3 aromatic heterocycles. The van der Waals surface area contributed by atoms with Crippen LogP contribution in [0, 0.1) is 0 Å². The van der Waals surface area contributed by atoms with Crippen LogP contribution in [-0.4, -0.2) is 24.5 Å². The summed E-state index contributed by atoms with van der Waals surface area (Å²) in [5, 5.41) is 12.0. The zero-order valence-electron chi connectivity index (χ0n) is 14.1. The zero-order valence-corrected chi connectivity index (χ0v) is 14.9. The van der Waals surface area contributed by atoms with Crippen LogP contribution in [0.4, 0.5) is 0 Å². The van der Waals surface area contributed by atoms with Gasteiger partial charge in [0, 0.05) is 49.6 Å². The summed E-state index contributed by atoms with van der Waals surface area (Å²) in [6.07, 6.45) is 9.16. The Balaban J connectivity index is 0.00000196. The van der Waals surface area contributed by atoms with Crippen LogP contribution in [0.1, 0.15) is 11.1 Å². The van der Waals surface area contributed by atoms with Crippen molar-refractivity contribution in [1.82, 2.24) is 29.9 Å². The lowest BCUT2D eigenvalue weighted by Crippen LogP contribution is -2.15. The van der Waals surface area contributed by atoms with E-state index in [1.54, 1.807) is 23.3 Å². The van der Waals surface area contributed by atoms with Crippen molar-refractivity contribution in [2.45, 2.75) is 13.1 Å². The van der Waals surface area contributed by atoms with Gasteiger partial charge >= 0.3 is 0 Å². The Morgan fingerprint density at radius 3 is 2.19 bits per heavy atom. The molecule has 0 radical (unpaired) electrons. The van der Waals surface area contributed by atoms with E-state index in [1.165, 1.54) is 5.56 Å². The minimum atomic E-state index is 0. The van der Waals surface area contributed by atoms with Gasteiger partial charge in [-0.1, -0.05) is 18.2 Å². The van der Waals surface area contributed by atoms with E-state index in [0.29, 0.717) is 0 Å². The highest BCUT2D eigenvalue weighted by Gasteiger charge is 2.05. The number of aromatic nitrogens is 5. The van der Waals surface area contributed by atoms with Crippen molar-refractivity contribution >= 4 is 12.4 Å². The molecule has 7 heteroatoms. The number of pyridine rings is 1. The van der Waals surface area contributed by atoms with Crippen LogP contribution in [0.25, 0.3) is 11.5 Å². The van der Waals surface area contributed by atoms with Gasteiger partial charge in [0.2, 0.25) is 0 Å². The summed E-state index contributed by atoms with van der Waals surface area (Å²) in [5.74, 6) is 0.856. The van der Waals surface area contributed by atoms with Crippen molar-refractivity contribution in [2.24, 2.45) is 0 Å². The number of hydrogen-bond donors (Lipinski definition) is 1. The van der Waals surface area contributed by atoms with Gasteiger partial charge in [-0.2, -0.15) is 10.2 Å². The maximum Gasteiger partial charge on any atom is 0.157 e. The van der Waals surface area contributed by atoms with Crippen LogP contribution in [0.5, 0.6) is 0 Å². The topological polar surface area (TPSA) is 60.6 Å². The van der Waals surface area contributed by atoms with E-state index in [4.69, 9.17) is 0 Å². The molecule has 4 rings (SSSR count). The average molecular weight is 367 g/mol. The van der Waals surface area contributed by atoms with Crippen LogP contribution < -0.4 is 5.32 Å². The van der Waals surface area contributed by atoms with E-state index in [-0.39, 0.29) is 12.4 Å². The van der Waals surface area contributed by atoms with Crippen molar-refractivity contribution in [3.8, 4) is 11.5 Å². The molecule has 0 aliphatic rings. The van der Waals surface area contributed by atoms with E-state index in [0.717, 1.165) is 30.2 Å². The predicted molar refractivity (Wildman–Crippen MR) is 103 cm³/mol. The molecule has 6 nitrogen and oxygen atoms in total. The van der Waals surface area contributed by atoms with E-state index < -0.39 is 0 Å². The first-order valence-corrected chi connectivity index (χ1v) is 8.14. The molecule has 0 aliphatic heterocycles. The van der Waals surface area contributed by atoms with Gasteiger partial charge < -0.3 is 5.32 Å². The first-order valence-electron chi connectivity index (χ1n) is 8.14. The number of nitrogens with zero attached hydrogens (tertiary/aromatic N) is 5. The van der Waals surface area contributed by atoms with Crippen LogP contribution in [0.3, 0.4) is 0 Å². The molecule has 3 heterocycles. The van der Waals surface area contributed by atoms with Crippen LogP contribution in [-0.2, 0) is 13.1 Å². The molecule has 4 aromatic rings. The molecule has 132 valence electrons. The molecule has 0 bridgehead atoms. The fourth-order valence-corrected chi connectivity index (χ4v) is 2.70.